The van der Waals surface area contributed by atoms with Crippen LogP contribution in [-0.2, 0) is 6.42 Å². The lowest BCUT2D eigenvalue weighted by atomic mass is 10.1. The standard InChI is InChI=1S/C11H9FN2/c12-10-3-1-9(2-4-10)7-11-5-6-13-8-14-11/h1-6,8H,7H2. The number of benzene rings is 1. The van der Waals surface area contributed by atoms with Gasteiger partial charge in [0.2, 0.25) is 0 Å². The maximum atomic E-state index is 12.6. The van der Waals surface area contributed by atoms with E-state index in [1.807, 2.05) is 6.07 Å². The molecule has 14 heavy (non-hydrogen) atoms. The monoisotopic (exact) mass is 188 g/mol. The Labute approximate surface area is 81.5 Å². The second kappa shape index (κ2) is 3.96. The van der Waals surface area contributed by atoms with Crippen molar-refractivity contribution < 1.29 is 4.39 Å². The molecule has 0 N–H and O–H groups in total. The molecule has 1 aromatic heterocycles. The minimum absolute atomic E-state index is 0.212. The van der Waals surface area contributed by atoms with E-state index in [-0.39, 0.29) is 5.82 Å². The predicted octanol–water partition coefficient (Wildman–Crippen LogP) is 2.21. The molecular weight excluding hydrogens is 179 g/mol. The summed E-state index contributed by atoms with van der Waals surface area (Å²) < 4.78 is 12.6. The van der Waals surface area contributed by atoms with E-state index in [0.29, 0.717) is 6.42 Å². The van der Waals surface area contributed by atoms with Crippen LogP contribution in [0.3, 0.4) is 0 Å². The Kier molecular flexibility index (Phi) is 2.49. The van der Waals surface area contributed by atoms with Crippen molar-refractivity contribution in [2.24, 2.45) is 0 Å². The Morgan fingerprint density at radius 1 is 1.07 bits per heavy atom. The summed E-state index contributed by atoms with van der Waals surface area (Å²) >= 11 is 0. The minimum Gasteiger partial charge on any atom is -0.245 e. The lowest BCUT2D eigenvalue weighted by Crippen LogP contribution is -1.92. The van der Waals surface area contributed by atoms with Gasteiger partial charge in [-0.15, -0.1) is 0 Å². The summed E-state index contributed by atoms with van der Waals surface area (Å²) in [5.41, 5.74) is 1.98. The summed E-state index contributed by atoms with van der Waals surface area (Å²) in [7, 11) is 0. The number of nitrogens with zero attached hydrogens (tertiary/aromatic N) is 2. The fourth-order valence-corrected chi connectivity index (χ4v) is 1.23. The molecule has 0 saturated heterocycles. The van der Waals surface area contributed by atoms with E-state index >= 15 is 0 Å². The summed E-state index contributed by atoms with van der Waals surface area (Å²) in [6.45, 7) is 0. The molecule has 70 valence electrons. The van der Waals surface area contributed by atoms with Crippen LogP contribution in [0.15, 0.2) is 42.9 Å². The number of hydrogen-bond acceptors (Lipinski definition) is 2. The highest BCUT2D eigenvalue weighted by Gasteiger charge is 1.96. The molecular formula is C11H9FN2. The summed E-state index contributed by atoms with van der Waals surface area (Å²) in [5.74, 6) is -0.212. The fourth-order valence-electron chi connectivity index (χ4n) is 1.23. The molecule has 0 unspecified atom stereocenters. The first kappa shape index (κ1) is 8.81. The average molecular weight is 188 g/mol. The van der Waals surface area contributed by atoms with Gasteiger partial charge < -0.3 is 0 Å². The van der Waals surface area contributed by atoms with Crippen LogP contribution >= 0.6 is 0 Å². The van der Waals surface area contributed by atoms with Gasteiger partial charge in [-0.2, -0.15) is 0 Å². The van der Waals surface area contributed by atoms with E-state index in [9.17, 15) is 4.39 Å². The first-order valence-electron chi connectivity index (χ1n) is 4.34. The van der Waals surface area contributed by atoms with E-state index in [0.717, 1.165) is 11.3 Å². The molecule has 0 aliphatic carbocycles. The smallest absolute Gasteiger partial charge is 0.123 e. The van der Waals surface area contributed by atoms with Gasteiger partial charge in [0.1, 0.15) is 12.1 Å². The van der Waals surface area contributed by atoms with Crippen LogP contribution < -0.4 is 0 Å². The molecule has 0 bridgehead atoms. The van der Waals surface area contributed by atoms with Crippen molar-refractivity contribution in [1.29, 1.82) is 0 Å². The van der Waals surface area contributed by atoms with Crippen LogP contribution in [0.4, 0.5) is 4.39 Å². The van der Waals surface area contributed by atoms with Gasteiger partial charge in [0.25, 0.3) is 0 Å². The van der Waals surface area contributed by atoms with E-state index in [4.69, 9.17) is 0 Å². The number of hydrogen-bond donors (Lipinski definition) is 0. The second-order valence-corrected chi connectivity index (χ2v) is 3.00. The van der Waals surface area contributed by atoms with E-state index < -0.39 is 0 Å². The summed E-state index contributed by atoms with van der Waals surface area (Å²) in [6, 6.07) is 8.28. The van der Waals surface area contributed by atoms with Gasteiger partial charge in [0.05, 0.1) is 0 Å². The minimum atomic E-state index is -0.212. The molecule has 0 aliphatic heterocycles. The highest BCUT2D eigenvalue weighted by molar-refractivity contribution is 5.21. The molecule has 1 heterocycles. The molecule has 0 radical (unpaired) electrons. The maximum absolute atomic E-state index is 12.6. The third-order valence-electron chi connectivity index (χ3n) is 1.94. The van der Waals surface area contributed by atoms with Gasteiger partial charge in [-0.05, 0) is 23.8 Å². The fraction of sp³-hybridized carbons (Fsp3) is 0.0909. The molecule has 2 aromatic rings. The highest BCUT2D eigenvalue weighted by atomic mass is 19.1. The van der Waals surface area contributed by atoms with Gasteiger partial charge >= 0.3 is 0 Å². The molecule has 3 heteroatoms. The highest BCUT2D eigenvalue weighted by Crippen LogP contribution is 2.07. The Balaban J connectivity index is 2.16. The van der Waals surface area contributed by atoms with Crippen molar-refractivity contribution in [2.45, 2.75) is 6.42 Å². The second-order valence-electron chi connectivity index (χ2n) is 3.00. The van der Waals surface area contributed by atoms with E-state index in [1.165, 1.54) is 18.5 Å². The SMILES string of the molecule is Fc1ccc(Cc2ccncn2)cc1. The molecule has 2 rings (SSSR count). The Morgan fingerprint density at radius 3 is 2.50 bits per heavy atom. The zero-order valence-corrected chi connectivity index (χ0v) is 7.52. The molecule has 2 nitrogen and oxygen atoms in total. The first-order chi connectivity index (χ1) is 6.84. The maximum Gasteiger partial charge on any atom is 0.123 e. The molecule has 0 aliphatic rings. The third-order valence-corrected chi connectivity index (χ3v) is 1.94. The van der Waals surface area contributed by atoms with Crippen LogP contribution in [0.25, 0.3) is 0 Å². The van der Waals surface area contributed by atoms with Crippen molar-refractivity contribution in [3.8, 4) is 0 Å². The third kappa shape index (κ3) is 2.13. The van der Waals surface area contributed by atoms with E-state index in [2.05, 4.69) is 9.97 Å². The van der Waals surface area contributed by atoms with Crippen molar-refractivity contribution in [2.75, 3.05) is 0 Å². The predicted molar refractivity (Wildman–Crippen MR) is 51.2 cm³/mol. The van der Waals surface area contributed by atoms with Gasteiger partial charge in [-0.3, -0.25) is 0 Å². The summed E-state index contributed by atoms with van der Waals surface area (Å²) in [6.07, 6.45) is 3.92. The van der Waals surface area contributed by atoms with Crippen molar-refractivity contribution in [3.63, 3.8) is 0 Å². The molecule has 1 aromatic carbocycles. The molecule has 0 amide bonds. The van der Waals surface area contributed by atoms with Crippen molar-refractivity contribution >= 4 is 0 Å². The van der Waals surface area contributed by atoms with Gasteiger partial charge in [0.15, 0.2) is 0 Å². The summed E-state index contributed by atoms with van der Waals surface area (Å²) in [5, 5.41) is 0. The van der Waals surface area contributed by atoms with Crippen LogP contribution in [0.2, 0.25) is 0 Å². The van der Waals surface area contributed by atoms with E-state index in [1.54, 1.807) is 18.3 Å². The van der Waals surface area contributed by atoms with Crippen LogP contribution in [0, 0.1) is 5.82 Å². The lowest BCUT2D eigenvalue weighted by Gasteiger charge is -1.99. The van der Waals surface area contributed by atoms with Crippen LogP contribution in [0.1, 0.15) is 11.3 Å². The zero-order valence-electron chi connectivity index (χ0n) is 7.52. The van der Waals surface area contributed by atoms with Gasteiger partial charge in [-0.1, -0.05) is 12.1 Å². The Hall–Kier alpha value is -1.77. The number of halogens is 1. The molecule has 0 fully saturated rings. The molecule has 0 spiro atoms. The first-order valence-corrected chi connectivity index (χ1v) is 4.34. The van der Waals surface area contributed by atoms with Gasteiger partial charge in [-0.25, -0.2) is 14.4 Å². The van der Waals surface area contributed by atoms with Crippen LogP contribution in [-0.4, -0.2) is 9.97 Å². The summed E-state index contributed by atoms with van der Waals surface area (Å²) in [4.78, 5) is 7.92. The zero-order chi connectivity index (χ0) is 9.80. The molecule has 0 saturated carbocycles. The quantitative estimate of drug-likeness (QED) is 0.722. The number of aromatic nitrogens is 2. The normalized spacial score (nSPS) is 10.1. The average Bonchev–Trinajstić information content (AvgIpc) is 2.23. The Morgan fingerprint density at radius 2 is 1.86 bits per heavy atom. The largest absolute Gasteiger partial charge is 0.245 e. The number of rotatable bonds is 2. The van der Waals surface area contributed by atoms with Crippen molar-refractivity contribution in [3.05, 3.63) is 59.9 Å². The lowest BCUT2D eigenvalue weighted by molar-refractivity contribution is 0.627. The van der Waals surface area contributed by atoms with Crippen LogP contribution in [0.5, 0.6) is 0 Å². The van der Waals surface area contributed by atoms with Gasteiger partial charge in [0, 0.05) is 18.3 Å². The Bertz CT molecular complexity index is 397. The van der Waals surface area contributed by atoms with Crippen molar-refractivity contribution in [1.82, 2.24) is 9.97 Å². The topological polar surface area (TPSA) is 25.8 Å². The molecule has 0 atom stereocenters.